The predicted octanol–water partition coefficient (Wildman–Crippen LogP) is 3.91. The van der Waals surface area contributed by atoms with Gasteiger partial charge >= 0.3 is 0 Å². The molecule has 0 aliphatic carbocycles. The topological polar surface area (TPSA) is 86.2 Å². The zero-order valence-corrected chi connectivity index (χ0v) is 14.4. The standard InChI is InChI=1S/C18H22N4O3/c1-11(2)16-21-17(25-22-16)15(12-7-9-23-10-8-12)20-18-19-13-5-3-4-6-14(13)24-18/h3-6,11-12,15H,7-10H2,1-2H3,(H,19,20). The smallest absolute Gasteiger partial charge is 0.296 e. The van der Waals surface area contributed by atoms with Crippen molar-refractivity contribution in [3.05, 3.63) is 36.0 Å². The zero-order valence-electron chi connectivity index (χ0n) is 14.4. The Labute approximate surface area is 145 Å². The quantitative estimate of drug-likeness (QED) is 0.752. The number of hydrogen-bond acceptors (Lipinski definition) is 7. The van der Waals surface area contributed by atoms with Crippen LogP contribution in [0.1, 0.15) is 50.4 Å². The van der Waals surface area contributed by atoms with Crippen LogP contribution in [0.3, 0.4) is 0 Å². The van der Waals surface area contributed by atoms with Crippen LogP contribution in [-0.2, 0) is 4.74 Å². The predicted molar refractivity (Wildman–Crippen MR) is 92.3 cm³/mol. The molecule has 1 aliphatic rings. The van der Waals surface area contributed by atoms with Gasteiger partial charge in [0.05, 0.1) is 0 Å². The summed E-state index contributed by atoms with van der Waals surface area (Å²) in [6.07, 6.45) is 1.86. The van der Waals surface area contributed by atoms with Crippen LogP contribution >= 0.6 is 0 Å². The molecule has 0 bridgehead atoms. The number of rotatable bonds is 5. The summed E-state index contributed by atoms with van der Waals surface area (Å²) in [4.78, 5) is 9.10. The number of para-hydroxylation sites is 2. The second-order valence-electron chi connectivity index (χ2n) is 6.70. The number of ether oxygens (including phenoxy) is 1. The van der Waals surface area contributed by atoms with Crippen LogP contribution in [0.5, 0.6) is 0 Å². The summed E-state index contributed by atoms with van der Waals surface area (Å²) in [5.41, 5.74) is 1.58. The fourth-order valence-corrected chi connectivity index (χ4v) is 3.11. The first kappa shape index (κ1) is 16.1. The summed E-state index contributed by atoms with van der Waals surface area (Å²) in [6, 6.07) is 8.04. The van der Waals surface area contributed by atoms with Gasteiger partial charge in [-0.3, -0.25) is 0 Å². The van der Waals surface area contributed by atoms with E-state index in [0.29, 0.717) is 23.6 Å². The third-order valence-electron chi connectivity index (χ3n) is 4.55. The molecule has 0 amide bonds. The normalized spacial score (nSPS) is 17.2. The highest BCUT2D eigenvalue weighted by atomic mass is 16.5. The van der Waals surface area contributed by atoms with Crippen LogP contribution in [0.2, 0.25) is 0 Å². The molecule has 2 aromatic heterocycles. The number of anilines is 1. The first-order chi connectivity index (χ1) is 12.2. The Morgan fingerprint density at radius 3 is 2.64 bits per heavy atom. The van der Waals surface area contributed by atoms with Crippen molar-refractivity contribution < 1.29 is 13.7 Å². The minimum absolute atomic E-state index is 0.142. The Balaban J connectivity index is 1.63. The maximum absolute atomic E-state index is 5.82. The van der Waals surface area contributed by atoms with E-state index in [4.69, 9.17) is 13.7 Å². The average Bonchev–Trinajstić information content (AvgIpc) is 3.27. The maximum atomic E-state index is 5.82. The Hall–Kier alpha value is -2.41. The van der Waals surface area contributed by atoms with Crippen LogP contribution in [0.4, 0.5) is 6.01 Å². The molecule has 4 rings (SSSR count). The van der Waals surface area contributed by atoms with E-state index in [2.05, 4.69) is 20.4 Å². The van der Waals surface area contributed by atoms with Crippen LogP contribution in [0, 0.1) is 5.92 Å². The third kappa shape index (κ3) is 3.37. The second-order valence-corrected chi connectivity index (χ2v) is 6.70. The summed E-state index contributed by atoms with van der Waals surface area (Å²) in [5.74, 6) is 1.84. The number of fused-ring (bicyclic) bond motifs is 1. The lowest BCUT2D eigenvalue weighted by molar-refractivity contribution is 0.0568. The molecule has 3 aromatic rings. The lowest BCUT2D eigenvalue weighted by Gasteiger charge is -2.28. The number of nitrogens with zero attached hydrogens (tertiary/aromatic N) is 3. The van der Waals surface area contributed by atoms with E-state index < -0.39 is 0 Å². The average molecular weight is 342 g/mol. The first-order valence-electron chi connectivity index (χ1n) is 8.74. The fourth-order valence-electron chi connectivity index (χ4n) is 3.11. The monoisotopic (exact) mass is 342 g/mol. The van der Waals surface area contributed by atoms with Gasteiger partial charge in [0.2, 0.25) is 5.89 Å². The van der Waals surface area contributed by atoms with Crippen molar-refractivity contribution in [2.45, 2.75) is 38.6 Å². The minimum Gasteiger partial charge on any atom is -0.424 e. The number of hydrogen-bond donors (Lipinski definition) is 1. The van der Waals surface area contributed by atoms with E-state index in [1.54, 1.807) is 0 Å². The van der Waals surface area contributed by atoms with E-state index in [9.17, 15) is 0 Å². The van der Waals surface area contributed by atoms with Gasteiger partial charge in [0.25, 0.3) is 6.01 Å². The molecule has 0 spiro atoms. The van der Waals surface area contributed by atoms with Crippen molar-refractivity contribution in [3.8, 4) is 0 Å². The van der Waals surface area contributed by atoms with Crippen molar-refractivity contribution >= 4 is 17.1 Å². The molecule has 132 valence electrons. The SMILES string of the molecule is CC(C)c1noc(C(Nc2nc3ccccc3o2)C2CCOCC2)n1. The molecular formula is C18H22N4O3. The summed E-state index contributed by atoms with van der Waals surface area (Å²) < 4.78 is 16.9. The van der Waals surface area contributed by atoms with E-state index in [0.717, 1.165) is 37.2 Å². The highest BCUT2D eigenvalue weighted by Crippen LogP contribution is 2.33. The van der Waals surface area contributed by atoms with Gasteiger partial charge < -0.3 is 19.0 Å². The summed E-state index contributed by atoms with van der Waals surface area (Å²) in [7, 11) is 0. The highest BCUT2D eigenvalue weighted by Gasteiger charge is 2.31. The van der Waals surface area contributed by atoms with Crippen molar-refractivity contribution in [1.82, 2.24) is 15.1 Å². The highest BCUT2D eigenvalue weighted by molar-refractivity contribution is 5.74. The molecule has 1 saturated heterocycles. The van der Waals surface area contributed by atoms with Gasteiger partial charge in [-0.1, -0.05) is 31.1 Å². The minimum atomic E-state index is -0.142. The molecule has 0 saturated carbocycles. The lowest BCUT2D eigenvalue weighted by Crippen LogP contribution is -2.27. The lowest BCUT2D eigenvalue weighted by atomic mass is 9.91. The third-order valence-corrected chi connectivity index (χ3v) is 4.55. The van der Waals surface area contributed by atoms with Crippen LogP contribution in [0.15, 0.2) is 33.2 Å². The molecule has 1 fully saturated rings. The molecule has 7 heteroatoms. The molecule has 3 heterocycles. The summed E-state index contributed by atoms with van der Waals surface area (Å²) in [5, 5.41) is 7.48. The van der Waals surface area contributed by atoms with Crippen LogP contribution < -0.4 is 5.32 Å². The Morgan fingerprint density at radius 1 is 1.12 bits per heavy atom. The van der Waals surface area contributed by atoms with Gasteiger partial charge in [-0.05, 0) is 30.9 Å². The van der Waals surface area contributed by atoms with Gasteiger partial charge in [-0.25, -0.2) is 0 Å². The first-order valence-corrected chi connectivity index (χ1v) is 8.74. The molecule has 0 radical (unpaired) electrons. The van der Waals surface area contributed by atoms with E-state index in [-0.39, 0.29) is 12.0 Å². The summed E-state index contributed by atoms with van der Waals surface area (Å²) >= 11 is 0. The second kappa shape index (κ2) is 6.84. The van der Waals surface area contributed by atoms with Crippen molar-refractivity contribution in [2.24, 2.45) is 5.92 Å². The Kier molecular flexibility index (Phi) is 4.40. The van der Waals surface area contributed by atoms with E-state index >= 15 is 0 Å². The zero-order chi connectivity index (χ0) is 17.2. The Morgan fingerprint density at radius 2 is 1.92 bits per heavy atom. The molecule has 1 unspecified atom stereocenters. The molecule has 1 aromatic carbocycles. The van der Waals surface area contributed by atoms with Crippen molar-refractivity contribution in [1.29, 1.82) is 0 Å². The van der Waals surface area contributed by atoms with Crippen molar-refractivity contribution in [3.63, 3.8) is 0 Å². The molecule has 25 heavy (non-hydrogen) atoms. The van der Waals surface area contributed by atoms with E-state index in [1.165, 1.54) is 0 Å². The Bertz CT molecular complexity index is 803. The van der Waals surface area contributed by atoms with Gasteiger partial charge in [-0.15, -0.1) is 0 Å². The molecule has 1 N–H and O–H groups in total. The van der Waals surface area contributed by atoms with Gasteiger partial charge in [-0.2, -0.15) is 9.97 Å². The number of oxazole rings is 1. The van der Waals surface area contributed by atoms with Crippen LogP contribution in [0.25, 0.3) is 11.1 Å². The van der Waals surface area contributed by atoms with Crippen LogP contribution in [-0.4, -0.2) is 28.3 Å². The number of benzene rings is 1. The fraction of sp³-hybridized carbons (Fsp3) is 0.500. The maximum Gasteiger partial charge on any atom is 0.296 e. The van der Waals surface area contributed by atoms with Gasteiger partial charge in [0, 0.05) is 19.1 Å². The van der Waals surface area contributed by atoms with Gasteiger partial charge in [0.15, 0.2) is 11.4 Å². The summed E-state index contributed by atoms with van der Waals surface area (Å²) in [6.45, 7) is 5.57. The molecule has 1 aliphatic heterocycles. The van der Waals surface area contributed by atoms with E-state index in [1.807, 2.05) is 38.1 Å². The largest absolute Gasteiger partial charge is 0.424 e. The molecule has 1 atom stereocenters. The van der Waals surface area contributed by atoms with Gasteiger partial charge in [0.1, 0.15) is 11.6 Å². The number of aromatic nitrogens is 3. The molecule has 7 nitrogen and oxygen atoms in total. The van der Waals surface area contributed by atoms with Crippen molar-refractivity contribution in [2.75, 3.05) is 18.5 Å². The number of nitrogens with one attached hydrogen (secondary N) is 1. The molecular weight excluding hydrogens is 320 g/mol.